The Balaban J connectivity index is 1.93. The monoisotopic (exact) mass is 489 g/mol. The summed E-state index contributed by atoms with van der Waals surface area (Å²) in [4.78, 5) is 24.2. The molecule has 0 spiro atoms. The number of carbonyl (C=O) groups is 2. The van der Waals surface area contributed by atoms with Crippen LogP contribution in [-0.4, -0.2) is 34.8 Å². The van der Waals surface area contributed by atoms with E-state index >= 15 is 0 Å². The lowest BCUT2D eigenvalue weighted by Gasteiger charge is -2.25. The van der Waals surface area contributed by atoms with E-state index in [0.29, 0.717) is 21.6 Å². The maximum absolute atomic E-state index is 14.7. The van der Waals surface area contributed by atoms with Crippen LogP contribution in [0.3, 0.4) is 0 Å². The number of halogens is 4. The Bertz CT molecular complexity index is 1200. The summed E-state index contributed by atoms with van der Waals surface area (Å²) in [5.74, 6) is -1.78. The highest BCUT2D eigenvalue weighted by Crippen LogP contribution is 2.30. The van der Waals surface area contributed by atoms with Crippen LogP contribution in [0.2, 0.25) is 0 Å². The molecule has 0 aromatic heterocycles. The van der Waals surface area contributed by atoms with E-state index in [1.807, 2.05) is 0 Å². The number of hydrogen-bond donors (Lipinski definition) is 1. The van der Waals surface area contributed by atoms with Gasteiger partial charge in [0, 0.05) is 5.56 Å². The smallest absolute Gasteiger partial charge is 0.410 e. The van der Waals surface area contributed by atoms with E-state index in [-0.39, 0.29) is 29.7 Å². The minimum Gasteiger partial charge on any atom is -0.481 e. The lowest BCUT2D eigenvalue weighted by molar-refractivity contribution is -0.144. The summed E-state index contributed by atoms with van der Waals surface area (Å²) in [7, 11) is 0. The van der Waals surface area contributed by atoms with Gasteiger partial charge in [0.1, 0.15) is 19.0 Å². The molecule has 0 unspecified atom stereocenters. The van der Waals surface area contributed by atoms with Crippen LogP contribution in [0.1, 0.15) is 22.3 Å². The fourth-order valence-corrected chi connectivity index (χ4v) is 3.60. The normalized spacial score (nSPS) is 11.2. The molecule has 0 heterocycles. The first-order valence-electron chi connectivity index (χ1n) is 10.6. The predicted molar refractivity (Wildman–Crippen MR) is 121 cm³/mol. The van der Waals surface area contributed by atoms with Crippen molar-refractivity contribution in [3.05, 3.63) is 94.8 Å². The minimum atomic E-state index is -4.69. The molecular weight excluding hydrogens is 466 g/mol. The van der Waals surface area contributed by atoms with Crippen molar-refractivity contribution in [2.24, 2.45) is 0 Å². The zero-order chi connectivity index (χ0) is 25.6. The van der Waals surface area contributed by atoms with Gasteiger partial charge >= 0.3 is 18.2 Å². The maximum Gasteiger partial charge on any atom is 0.410 e. The molecule has 0 atom stereocenters. The second-order valence-electron chi connectivity index (χ2n) is 8.06. The topological polar surface area (TPSA) is 66.8 Å². The Morgan fingerprint density at radius 3 is 2.31 bits per heavy atom. The number of ether oxygens (including phenoxy) is 1. The summed E-state index contributed by atoms with van der Waals surface area (Å²) in [5.41, 5.74) is 2.18. The van der Waals surface area contributed by atoms with Gasteiger partial charge in [-0.15, -0.1) is 0 Å². The second-order valence-corrected chi connectivity index (χ2v) is 8.06. The van der Waals surface area contributed by atoms with Gasteiger partial charge in [0.15, 0.2) is 0 Å². The number of aliphatic carboxylic acids is 1. The zero-order valence-corrected chi connectivity index (χ0v) is 18.8. The number of nitrogens with zero attached hydrogens (tertiary/aromatic N) is 1. The third kappa shape index (κ3) is 7.56. The highest BCUT2D eigenvalue weighted by molar-refractivity contribution is 5.74. The van der Waals surface area contributed by atoms with Crippen LogP contribution in [-0.2, 0) is 29.1 Å². The van der Waals surface area contributed by atoms with Gasteiger partial charge in [-0.25, -0.2) is 9.18 Å². The summed E-state index contributed by atoms with van der Waals surface area (Å²) >= 11 is 0. The van der Waals surface area contributed by atoms with Gasteiger partial charge in [0.25, 0.3) is 0 Å². The average Bonchev–Trinajstić information content (AvgIpc) is 2.78. The van der Waals surface area contributed by atoms with Crippen molar-refractivity contribution in [3.63, 3.8) is 0 Å². The number of aryl methyl sites for hydroxylation is 1. The van der Waals surface area contributed by atoms with Crippen molar-refractivity contribution in [2.75, 3.05) is 6.54 Å². The highest BCUT2D eigenvalue weighted by atomic mass is 19.4. The van der Waals surface area contributed by atoms with Gasteiger partial charge in [0.2, 0.25) is 0 Å². The largest absolute Gasteiger partial charge is 0.481 e. The lowest BCUT2D eigenvalue weighted by atomic mass is 9.95. The van der Waals surface area contributed by atoms with E-state index in [1.165, 1.54) is 18.2 Å². The molecule has 1 amide bonds. The van der Waals surface area contributed by atoms with Crippen LogP contribution >= 0.6 is 0 Å². The fourth-order valence-electron chi connectivity index (χ4n) is 3.60. The average molecular weight is 489 g/mol. The van der Waals surface area contributed by atoms with Crippen molar-refractivity contribution >= 4 is 12.1 Å². The number of amides is 1. The van der Waals surface area contributed by atoms with E-state index in [0.717, 1.165) is 6.07 Å². The molecule has 3 rings (SSSR count). The molecule has 0 aliphatic rings. The van der Waals surface area contributed by atoms with E-state index in [2.05, 4.69) is 0 Å². The molecule has 0 bridgehead atoms. The standard InChI is InChI=1S/C26H23F4NO4/c1-17-7-9-21(22-12-19(13-24(32)33)8-10-23(22)27)20(11-17)14-31(16-26(28,29)30)25(34)35-15-18-5-3-2-4-6-18/h2-12H,13-16H2,1H3,(H,32,33). The summed E-state index contributed by atoms with van der Waals surface area (Å²) in [6, 6.07) is 17.1. The molecule has 0 saturated carbocycles. The van der Waals surface area contributed by atoms with Crippen LogP contribution in [0, 0.1) is 12.7 Å². The summed E-state index contributed by atoms with van der Waals surface area (Å²) in [6.45, 7) is -0.546. The van der Waals surface area contributed by atoms with Crippen LogP contribution < -0.4 is 0 Å². The zero-order valence-electron chi connectivity index (χ0n) is 18.8. The number of alkyl halides is 3. The molecule has 3 aromatic carbocycles. The second kappa shape index (κ2) is 11.0. The van der Waals surface area contributed by atoms with Crippen LogP contribution in [0.4, 0.5) is 22.4 Å². The molecule has 0 saturated heterocycles. The van der Waals surface area contributed by atoms with E-state index in [4.69, 9.17) is 9.84 Å². The van der Waals surface area contributed by atoms with Crippen LogP contribution in [0.25, 0.3) is 11.1 Å². The van der Waals surface area contributed by atoms with Gasteiger partial charge in [-0.2, -0.15) is 13.2 Å². The Morgan fingerprint density at radius 1 is 0.943 bits per heavy atom. The number of carboxylic acids is 1. The van der Waals surface area contributed by atoms with Crippen molar-refractivity contribution in [2.45, 2.75) is 32.7 Å². The molecule has 184 valence electrons. The van der Waals surface area contributed by atoms with Gasteiger partial charge < -0.3 is 9.84 Å². The molecule has 3 aromatic rings. The maximum atomic E-state index is 14.7. The third-order valence-electron chi connectivity index (χ3n) is 5.13. The van der Waals surface area contributed by atoms with Crippen molar-refractivity contribution in [3.8, 4) is 11.1 Å². The molecule has 0 fully saturated rings. The molecule has 0 radical (unpaired) electrons. The summed E-state index contributed by atoms with van der Waals surface area (Å²) in [5, 5.41) is 9.05. The van der Waals surface area contributed by atoms with E-state index in [9.17, 15) is 27.2 Å². The summed E-state index contributed by atoms with van der Waals surface area (Å²) in [6.07, 6.45) is -6.21. The van der Waals surface area contributed by atoms with Crippen molar-refractivity contribution in [1.29, 1.82) is 0 Å². The molecule has 0 aliphatic carbocycles. The number of hydrogen-bond acceptors (Lipinski definition) is 3. The number of rotatable bonds is 8. The Kier molecular flexibility index (Phi) is 8.11. The SMILES string of the molecule is Cc1ccc(-c2cc(CC(=O)O)ccc2F)c(CN(CC(F)(F)F)C(=O)OCc2ccccc2)c1. The van der Waals surface area contributed by atoms with Crippen molar-refractivity contribution in [1.82, 2.24) is 4.90 Å². The van der Waals surface area contributed by atoms with Gasteiger partial charge in [-0.1, -0.05) is 60.2 Å². The number of carboxylic acid groups (broad SMARTS) is 1. The highest BCUT2D eigenvalue weighted by Gasteiger charge is 2.34. The van der Waals surface area contributed by atoms with Gasteiger partial charge in [-0.3, -0.25) is 9.69 Å². The predicted octanol–water partition coefficient (Wildman–Crippen LogP) is 6.13. The first kappa shape index (κ1) is 25.7. The van der Waals surface area contributed by atoms with Gasteiger partial charge in [-0.05, 0) is 41.3 Å². The van der Waals surface area contributed by atoms with E-state index in [1.54, 1.807) is 49.4 Å². The number of benzene rings is 3. The first-order valence-corrected chi connectivity index (χ1v) is 10.6. The Morgan fingerprint density at radius 2 is 1.66 bits per heavy atom. The molecular formula is C26H23F4NO4. The molecule has 35 heavy (non-hydrogen) atoms. The van der Waals surface area contributed by atoms with Gasteiger partial charge in [0.05, 0.1) is 13.0 Å². The third-order valence-corrected chi connectivity index (χ3v) is 5.13. The fraction of sp³-hybridized carbons (Fsp3) is 0.231. The molecule has 1 N–H and O–H groups in total. The molecule has 0 aliphatic heterocycles. The Labute approximate surface area is 199 Å². The number of carbonyl (C=O) groups excluding carboxylic acids is 1. The Hall–Kier alpha value is -3.88. The van der Waals surface area contributed by atoms with Crippen LogP contribution in [0.5, 0.6) is 0 Å². The first-order chi connectivity index (χ1) is 16.5. The quantitative estimate of drug-likeness (QED) is 0.387. The molecule has 9 heteroatoms. The minimum absolute atomic E-state index is 0.0309. The van der Waals surface area contributed by atoms with Crippen molar-refractivity contribution < 1.29 is 37.0 Å². The van der Waals surface area contributed by atoms with Crippen LogP contribution in [0.15, 0.2) is 66.7 Å². The van der Waals surface area contributed by atoms with E-state index < -0.39 is 37.1 Å². The molecule has 5 nitrogen and oxygen atoms in total. The lowest BCUT2D eigenvalue weighted by Crippen LogP contribution is -2.39. The summed E-state index contributed by atoms with van der Waals surface area (Å²) < 4.78 is 59.8.